The highest BCUT2D eigenvalue weighted by atomic mass is 16.5. The van der Waals surface area contributed by atoms with Crippen LogP contribution in [0.1, 0.15) is 40.5 Å². The Balaban J connectivity index is 2.63. The molecule has 1 aliphatic heterocycles. The summed E-state index contributed by atoms with van der Waals surface area (Å²) in [4.78, 5) is 2.41. The van der Waals surface area contributed by atoms with E-state index in [0.29, 0.717) is 6.04 Å². The van der Waals surface area contributed by atoms with Gasteiger partial charge in [-0.1, -0.05) is 0 Å². The summed E-state index contributed by atoms with van der Waals surface area (Å²) >= 11 is 0. The van der Waals surface area contributed by atoms with Gasteiger partial charge < -0.3 is 19.7 Å². The molecule has 1 saturated heterocycles. The molecule has 1 N–H and O–H groups in total. The van der Waals surface area contributed by atoms with Crippen molar-refractivity contribution >= 4 is 0 Å². The number of hydrogen-bond acceptors (Lipinski definition) is 4. The predicted octanol–water partition coefficient (Wildman–Crippen LogP) is 2.14. The third kappa shape index (κ3) is 6.08. The van der Waals surface area contributed by atoms with Crippen molar-refractivity contribution in [1.29, 1.82) is 0 Å². The molecule has 0 aromatic carbocycles. The third-order valence-corrected chi connectivity index (χ3v) is 4.14. The molecule has 0 aromatic rings. The SMILES string of the molecule is COCC(C)N(C)CC1(CNC(C)(C)C)CCCOC1. The molecule has 1 heterocycles. The molecule has 4 nitrogen and oxygen atoms in total. The van der Waals surface area contributed by atoms with Gasteiger partial charge in [0.25, 0.3) is 0 Å². The van der Waals surface area contributed by atoms with E-state index in [1.165, 1.54) is 12.8 Å². The number of nitrogens with zero attached hydrogens (tertiary/aromatic N) is 1. The first kappa shape index (κ1) is 17.9. The van der Waals surface area contributed by atoms with Crippen LogP contribution in [0.2, 0.25) is 0 Å². The molecule has 120 valence electrons. The molecule has 1 fully saturated rings. The van der Waals surface area contributed by atoms with Crippen molar-refractivity contribution in [1.82, 2.24) is 10.2 Å². The number of nitrogens with one attached hydrogen (secondary N) is 1. The Morgan fingerprint density at radius 3 is 2.60 bits per heavy atom. The van der Waals surface area contributed by atoms with E-state index in [4.69, 9.17) is 9.47 Å². The standard InChI is InChI=1S/C16H34N2O2/c1-14(10-19-6)18(5)12-16(8-7-9-20-13-16)11-17-15(2,3)4/h14,17H,7-13H2,1-6H3. The van der Waals surface area contributed by atoms with Crippen molar-refractivity contribution in [2.45, 2.75) is 52.1 Å². The Morgan fingerprint density at radius 1 is 1.40 bits per heavy atom. The van der Waals surface area contributed by atoms with Crippen LogP contribution in [0.5, 0.6) is 0 Å². The zero-order valence-electron chi connectivity index (χ0n) is 14.3. The number of likely N-dealkylation sites (N-methyl/N-ethyl adjacent to an activating group) is 1. The van der Waals surface area contributed by atoms with Gasteiger partial charge in [-0.25, -0.2) is 0 Å². The number of rotatable bonds is 7. The van der Waals surface area contributed by atoms with Gasteiger partial charge in [-0.05, 0) is 47.6 Å². The molecule has 1 rings (SSSR count). The largest absolute Gasteiger partial charge is 0.383 e. The molecule has 0 saturated carbocycles. The molecule has 4 heteroatoms. The molecule has 0 aromatic heterocycles. The van der Waals surface area contributed by atoms with Crippen LogP contribution in [-0.2, 0) is 9.47 Å². The van der Waals surface area contributed by atoms with Crippen molar-refractivity contribution in [2.75, 3.05) is 47.1 Å². The van der Waals surface area contributed by atoms with Gasteiger partial charge in [-0.15, -0.1) is 0 Å². The molecule has 0 radical (unpaired) electrons. The fourth-order valence-corrected chi connectivity index (χ4v) is 2.74. The van der Waals surface area contributed by atoms with E-state index in [9.17, 15) is 0 Å². The van der Waals surface area contributed by atoms with E-state index in [1.807, 2.05) is 0 Å². The van der Waals surface area contributed by atoms with Crippen LogP contribution in [0.25, 0.3) is 0 Å². The van der Waals surface area contributed by atoms with Gasteiger partial charge in [0.05, 0.1) is 13.2 Å². The summed E-state index contributed by atoms with van der Waals surface area (Å²) in [6.45, 7) is 13.5. The van der Waals surface area contributed by atoms with E-state index in [-0.39, 0.29) is 11.0 Å². The van der Waals surface area contributed by atoms with Gasteiger partial charge in [0.2, 0.25) is 0 Å². The first-order valence-corrected chi connectivity index (χ1v) is 7.80. The highest BCUT2D eigenvalue weighted by Gasteiger charge is 2.35. The molecule has 1 aliphatic rings. The average molecular weight is 286 g/mol. The summed E-state index contributed by atoms with van der Waals surface area (Å²) in [5, 5.41) is 3.67. The molecule has 20 heavy (non-hydrogen) atoms. The maximum absolute atomic E-state index is 5.79. The molecule has 0 amide bonds. The topological polar surface area (TPSA) is 33.7 Å². The highest BCUT2D eigenvalue weighted by Crippen LogP contribution is 2.30. The lowest BCUT2D eigenvalue weighted by atomic mass is 9.81. The Labute approximate surface area is 125 Å². The van der Waals surface area contributed by atoms with E-state index in [2.05, 4.69) is 45.0 Å². The van der Waals surface area contributed by atoms with E-state index in [1.54, 1.807) is 7.11 Å². The predicted molar refractivity (Wildman–Crippen MR) is 84.2 cm³/mol. The Bertz CT molecular complexity index is 270. The fourth-order valence-electron chi connectivity index (χ4n) is 2.74. The van der Waals surface area contributed by atoms with Gasteiger partial charge in [0, 0.05) is 43.8 Å². The second-order valence-electron chi connectivity index (χ2n) is 7.48. The molecule has 0 bridgehead atoms. The Hall–Kier alpha value is -0.160. The molecule has 2 atom stereocenters. The first-order valence-electron chi connectivity index (χ1n) is 7.80. The zero-order valence-corrected chi connectivity index (χ0v) is 14.3. The summed E-state index contributed by atoms with van der Waals surface area (Å²) in [5.41, 5.74) is 0.378. The molecule has 0 aliphatic carbocycles. The quantitative estimate of drug-likeness (QED) is 0.777. The van der Waals surface area contributed by atoms with Gasteiger partial charge in [-0.2, -0.15) is 0 Å². The van der Waals surface area contributed by atoms with E-state index < -0.39 is 0 Å². The molecule has 2 unspecified atom stereocenters. The fraction of sp³-hybridized carbons (Fsp3) is 1.00. The van der Waals surface area contributed by atoms with Crippen molar-refractivity contribution in [2.24, 2.45) is 5.41 Å². The van der Waals surface area contributed by atoms with Gasteiger partial charge in [0.15, 0.2) is 0 Å². The van der Waals surface area contributed by atoms with Crippen LogP contribution >= 0.6 is 0 Å². The van der Waals surface area contributed by atoms with Crippen LogP contribution < -0.4 is 5.32 Å². The lowest BCUT2D eigenvalue weighted by Gasteiger charge is -2.43. The number of methoxy groups -OCH3 is 1. The molecular formula is C16H34N2O2. The Morgan fingerprint density at radius 2 is 2.10 bits per heavy atom. The van der Waals surface area contributed by atoms with Crippen LogP contribution in [0.4, 0.5) is 0 Å². The van der Waals surface area contributed by atoms with E-state index >= 15 is 0 Å². The van der Waals surface area contributed by atoms with Gasteiger partial charge in [-0.3, -0.25) is 0 Å². The van der Waals surface area contributed by atoms with Crippen molar-refractivity contribution in [3.63, 3.8) is 0 Å². The van der Waals surface area contributed by atoms with Crippen molar-refractivity contribution in [3.8, 4) is 0 Å². The van der Waals surface area contributed by atoms with Crippen molar-refractivity contribution in [3.05, 3.63) is 0 Å². The van der Waals surface area contributed by atoms with Gasteiger partial charge in [0.1, 0.15) is 0 Å². The molecular weight excluding hydrogens is 252 g/mol. The summed E-state index contributed by atoms with van der Waals surface area (Å²) in [7, 11) is 3.96. The Kier molecular flexibility index (Phi) is 6.92. The van der Waals surface area contributed by atoms with Crippen LogP contribution in [0.3, 0.4) is 0 Å². The first-order chi connectivity index (χ1) is 9.28. The lowest BCUT2D eigenvalue weighted by molar-refractivity contribution is -0.0342. The summed E-state index contributed by atoms with van der Waals surface area (Å²) in [6.07, 6.45) is 2.40. The second kappa shape index (κ2) is 7.74. The lowest BCUT2D eigenvalue weighted by Crippen LogP contribution is -2.53. The average Bonchev–Trinajstić information content (AvgIpc) is 2.37. The molecule has 0 spiro atoms. The summed E-state index contributed by atoms with van der Waals surface area (Å²) in [6, 6.07) is 0.438. The normalized spacial score (nSPS) is 25.9. The minimum Gasteiger partial charge on any atom is -0.383 e. The third-order valence-electron chi connectivity index (χ3n) is 4.14. The monoisotopic (exact) mass is 286 g/mol. The van der Waals surface area contributed by atoms with Crippen LogP contribution in [-0.4, -0.2) is 63.5 Å². The maximum atomic E-state index is 5.79. The van der Waals surface area contributed by atoms with E-state index in [0.717, 1.165) is 32.9 Å². The second-order valence-corrected chi connectivity index (χ2v) is 7.48. The highest BCUT2D eigenvalue weighted by molar-refractivity contribution is 4.89. The van der Waals surface area contributed by atoms with Crippen LogP contribution in [0.15, 0.2) is 0 Å². The minimum absolute atomic E-state index is 0.154. The van der Waals surface area contributed by atoms with Crippen LogP contribution in [0, 0.1) is 5.41 Å². The smallest absolute Gasteiger partial charge is 0.0615 e. The zero-order chi connectivity index (χ0) is 15.2. The van der Waals surface area contributed by atoms with Crippen molar-refractivity contribution < 1.29 is 9.47 Å². The minimum atomic E-state index is 0.154. The summed E-state index contributed by atoms with van der Waals surface area (Å²) < 4.78 is 11.1. The summed E-state index contributed by atoms with van der Waals surface area (Å²) in [5.74, 6) is 0. The van der Waals surface area contributed by atoms with Gasteiger partial charge >= 0.3 is 0 Å². The maximum Gasteiger partial charge on any atom is 0.0615 e. The number of ether oxygens (including phenoxy) is 2. The number of hydrogen-bond donors (Lipinski definition) is 1.